The van der Waals surface area contributed by atoms with Crippen LogP contribution in [0.2, 0.25) is 0 Å². The van der Waals surface area contributed by atoms with Gasteiger partial charge >= 0.3 is 0 Å². The summed E-state index contributed by atoms with van der Waals surface area (Å²) in [5.74, 6) is 0.233. The molecule has 1 aromatic rings. The molecule has 1 heterocycles. The van der Waals surface area contributed by atoms with E-state index in [4.69, 9.17) is 0 Å². The average molecular weight is 249 g/mol. The second-order valence-corrected chi connectivity index (χ2v) is 5.13. The van der Waals surface area contributed by atoms with Crippen LogP contribution in [0.15, 0.2) is 12.3 Å². The zero-order valence-corrected chi connectivity index (χ0v) is 11.4. The lowest BCUT2D eigenvalue weighted by Gasteiger charge is -2.12. The molecular weight excluding hydrogens is 226 g/mol. The molecule has 0 saturated heterocycles. The Labute approximate surface area is 109 Å². The average Bonchev–Trinajstić information content (AvgIpc) is 3.09. The second-order valence-electron chi connectivity index (χ2n) is 5.13. The minimum atomic E-state index is 0.233. The number of nitrogens with one attached hydrogen (secondary N) is 1. The monoisotopic (exact) mass is 249 g/mol. The van der Waals surface area contributed by atoms with Crippen LogP contribution in [0.25, 0.3) is 0 Å². The summed E-state index contributed by atoms with van der Waals surface area (Å²) >= 11 is 0. The van der Waals surface area contributed by atoms with Crippen molar-refractivity contribution in [2.45, 2.75) is 58.0 Å². The molecule has 4 heteroatoms. The SMILES string of the molecule is CCC(CC)n1ccc(CC(=O)CNC2CC2)n1. The maximum absolute atomic E-state index is 11.8. The highest BCUT2D eigenvalue weighted by Crippen LogP contribution is 2.18. The number of hydrogen-bond acceptors (Lipinski definition) is 3. The lowest BCUT2D eigenvalue weighted by atomic mass is 10.2. The molecule has 1 aliphatic carbocycles. The molecule has 0 unspecified atom stereocenters. The fourth-order valence-electron chi connectivity index (χ4n) is 2.15. The largest absolute Gasteiger partial charge is 0.307 e. The van der Waals surface area contributed by atoms with E-state index >= 15 is 0 Å². The molecule has 4 nitrogen and oxygen atoms in total. The van der Waals surface area contributed by atoms with E-state index in [2.05, 4.69) is 24.3 Å². The fraction of sp³-hybridized carbons (Fsp3) is 0.714. The number of hydrogen-bond donors (Lipinski definition) is 1. The Bertz CT molecular complexity index is 391. The van der Waals surface area contributed by atoms with Crippen molar-refractivity contribution in [3.63, 3.8) is 0 Å². The molecule has 0 spiro atoms. The molecule has 0 aromatic carbocycles. The van der Waals surface area contributed by atoms with Crippen LogP contribution >= 0.6 is 0 Å². The summed E-state index contributed by atoms with van der Waals surface area (Å²) in [7, 11) is 0. The van der Waals surface area contributed by atoms with Gasteiger partial charge in [-0.25, -0.2) is 0 Å². The second kappa shape index (κ2) is 6.14. The smallest absolute Gasteiger partial charge is 0.152 e. The van der Waals surface area contributed by atoms with E-state index in [0.717, 1.165) is 18.5 Å². The molecule has 1 N–H and O–H groups in total. The number of carbonyl (C=O) groups excluding carboxylic acids is 1. The zero-order valence-electron chi connectivity index (χ0n) is 11.4. The van der Waals surface area contributed by atoms with Crippen molar-refractivity contribution in [3.8, 4) is 0 Å². The minimum absolute atomic E-state index is 0.233. The first-order chi connectivity index (χ1) is 8.72. The first-order valence-corrected chi connectivity index (χ1v) is 7.02. The lowest BCUT2D eigenvalue weighted by molar-refractivity contribution is -0.117. The van der Waals surface area contributed by atoms with Crippen molar-refractivity contribution in [2.24, 2.45) is 0 Å². The zero-order chi connectivity index (χ0) is 13.0. The van der Waals surface area contributed by atoms with E-state index in [1.165, 1.54) is 12.8 Å². The Hall–Kier alpha value is -1.16. The van der Waals surface area contributed by atoms with Gasteiger partial charge in [-0.05, 0) is 31.7 Å². The normalized spacial score (nSPS) is 15.3. The van der Waals surface area contributed by atoms with Crippen LogP contribution in [-0.4, -0.2) is 28.2 Å². The number of ketones is 1. The summed E-state index contributed by atoms with van der Waals surface area (Å²) in [6, 6.07) is 3.02. The summed E-state index contributed by atoms with van der Waals surface area (Å²) in [5.41, 5.74) is 0.893. The van der Waals surface area contributed by atoms with Crippen LogP contribution in [0.4, 0.5) is 0 Å². The predicted molar refractivity (Wildman–Crippen MR) is 71.6 cm³/mol. The van der Waals surface area contributed by atoms with Gasteiger partial charge in [0.05, 0.1) is 24.7 Å². The van der Waals surface area contributed by atoms with Gasteiger partial charge in [0.15, 0.2) is 5.78 Å². The number of nitrogens with zero attached hydrogens (tertiary/aromatic N) is 2. The van der Waals surface area contributed by atoms with Gasteiger partial charge in [-0.1, -0.05) is 13.8 Å². The van der Waals surface area contributed by atoms with Crippen LogP contribution in [0, 0.1) is 0 Å². The van der Waals surface area contributed by atoms with Crippen molar-refractivity contribution in [1.82, 2.24) is 15.1 Å². The third-order valence-corrected chi connectivity index (χ3v) is 3.52. The van der Waals surface area contributed by atoms with Gasteiger partial charge in [-0.3, -0.25) is 9.48 Å². The van der Waals surface area contributed by atoms with Crippen molar-refractivity contribution in [3.05, 3.63) is 18.0 Å². The molecule has 1 fully saturated rings. The Morgan fingerprint density at radius 2 is 2.22 bits per heavy atom. The molecule has 2 rings (SSSR count). The summed E-state index contributed by atoms with van der Waals surface area (Å²) in [6.45, 7) is 4.82. The lowest BCUT2D eigenvalue weighted by Crippen LogP contribution is -2.26. The Morgan fingerprint density at radius 1 is 1.50 bits per heavy atom. The van der Waals surface area contributed by atoms with Gasteiger partial charge in [0.2, 0.25) is 0 Å². The fourth-order valence-corrected chi connectivity index (χ4v) is 2.15. The van der Waals surface area contributed by atoms with Gasteiger partial charge in [0.25, 0.3) is 0 Å². The van der Waals surface area contributed by atoms with E-state index in [1.807, 2.05) is 16.9 Å². The van der Waals surface area contributed by atoms with Gasteiger partial charge in [0, 0.05) is 12.2 Å². The third-order valence-electron chi connectivity index (χ3n) is 3.52. The maximum atomic E-state index is 11.8. The predicted octanol–water partition coefficient (Wildman–Crippen LogP) is 2.11. The van der Waals surface area contributed by atoms with Gasteiger partial charge in [0.1, 0.15) is 0 Å². The van der Waals surface area contributed by atoms with Crippen molar-refractivity contribution >= 4 is 5.78 Å². The van der Waals surface area contributed by atoms with Crippen LogP contribution in [0.1, 0.15) is 51.3 Å². The standard InChI is InChI=1S/C14H23N3O/c1-3-13(4-2)17-8-7-12(16-17)9-14(18)10-15-11-5-6-11/h7-8,11,13,15H,3-6,9-10H2,1-2H3. The minimum Gasteiger partial charge on any atom is -0.307 e. The van der Waals surface area contributed by atoms with Crippen LogP contribution in [0.3, 0.4) is 0 Å². The molecule has 0 aliphatic heterocycles. The molecule has 1 saturated carbocycles. The van der Waals surface area contributed by atoms with Crippen LogP contribution in [0.5, 0.6) is 0 Å². The summed E-state index contributed by atoms with van der Waals surface area (Å²) < 4.78 is 2.00. The van der Waals surface area contributed by atoms with Crippen molar-refractivity contribution in [2.75, 3.05) is 6.54 Å². The first kappa shape index (κ1) is 13.3. The molecule has 0 bridgehead atoms. The van der Waals surface area contributed by atoms with Crippen LogP contribution in [-0.2, 0) is 11.2 Å². The molecule has 18 heavy (non-hydrogen) atoms. The highest BCUT2D eigenvalue weighted by Gasteiger charge is 2.21. The quantitative estimate of drug-likeness (QED) is 0.767. The van der Waals surface area contributed by atoms with Gasteiger partial charge in [-0.15, -0.1) is 0 Å². The maximum Gasteiger partial charge on any atom is 0.152 e. The topological polar surface area (TPSA) is 46.9 Å². The molecule has 100 valence electrons. The Kier molecular flexibility index (Phi) is 4.53. The number of rotatable bonds is 8. The number of aromatic nitrogens is 2. The summed E-state index contributed by atoms with van der Waals surface area (Å²) in [5, 5.41) is 7.75. The van der Waals surface area contributed by atoms with E-state index in [9.17, 15) is 4.79 Å². The first-order valence-electron chi connectivity index (χ1n) is 7.02. The molecule has 0 atom stereocenters. The number of Topliss-reactive ketones (excluding diaryl/α,β-unsaturated/α-hetero) is 1. The Balaban J connectivity index is 1.82. The van der Waals surface area contributed by atoms with Crippen molar-refractivity contribution < 1.29 is 4.79 Å². The third kappa shape index (κ3) is 3.67. The Morgan fingerprint density at radius 3 is 2.83 bits per heavy atom. The molecule has 1 aliphatic rings. The van der Waals surface area contributed by atoms with Gasteiger partial charge < -0.3 is 5.32 Å². The highest BCUT2D eigenvalue weighted by atomic mass is 16.1. The van der Waals surface area contributed by atoms with Gasteiger partial charge in [-0.2, -0.15) is 5.10 Å². The highest BCUT2D eigenvalue weighted by molar-refractivity contribution is 5.82. The van der Waals surface area contributed by atoms with E-state index in [1.54, 1.807) is 0 Å². The van der Waals surface area contributed by atoms with Crippen LogP contribution < -0.4 is 5.32 Å². The summed E-state index contributed by atoms with van der Waals surface area (Å²) in [4.78, 5) is 11.8. The number of carbonyl (C=O) groups is 1. The van der Waals surface area contributed by atoms with Crippen molar-refractivity contribution in [1.29, 1.82) is 0 Å². The molecule has 1 aromatic heterocycles. The van der Waals surface area contributed by atoms with E-state index in [-0.39, 0.29) is 5.78 Å². The van der Waals surface area contributed by atoms with E-state index in [0.29, 0.717) is 25.0 Å². The molecular formula is C14H23N3O. The summed E-state index contributed by atoms with van der Waals surface area (Å²) in [6.07, 6.45) is 7.04. The molecule has 0 amide bonds. The van der Waals surface area contributed by atoms with E-state index < -0.39 is 0 Å². The molecule has 0 radical (unpaired) electrons.